The molecule has 5 heteroatoms. The minimum atomic E-state index is 0.285. The van der Waals surface area contributed by atoms with Crippen LogP contribution in [0.4, 0.5) is 11.8 Å². The van der Waals surface area contributed by atoms with Crippen LogP contribution in [0.2, 0.25) is 0 Å². The van der Waals surface area contributed by atoms with Crippen LogP contribution in [0, 0.1) is 0 Å². The van der Waals surface area contributed by atoms with E-state index in [0.29, 0.717) is 13.2 Å². The van der Waals surface area contributed by atoms with Crippen LogP contribution in [0.5, 0.6) is 0 Å². The molecule has 2 aromatic rings. The molecule has 1 heterocycles. The molecule has 0 radical (unpaired) electrons. The molecule has 0 aliphatic heterocycles. The molecule has 5 nitrogen and oxygen atoms in total. The lowest BCUT2D eigenvalue weighted by atomic mass is 10.2. The number of anilines is 2. The largest absolute Gasteiger partial charge is 0.380 e. The summed E-state index contributed by atoms with van der Waals surface area (Å²) in [6.07, 6.45) is 2.25. The summed E-state index contributed by atoms with van der Waals surface area (Å²) >= 11 is 0. The normalized spacial score (nSPS) is 10.8. The zero-order valence-electron chi connectivity index (χ0n) is 11.2. The number of benzene rings is 1. The average molecular weight is 260 g/mol. The maximum Gasteiger partial charge on any atom is 0.222 e. The Labute approximate surface area is 113 Å². The van der Waals surface area contributed by atoms with Crippen molar-refractivity contribution in [2.75, 3.05) is 30.8 Å². The Morgan fingerprint density at radius 1 is 1.21 bits per heavy atom. The fourth-order valence-corrected chi connectivity index (χ4v) is 1.82. The molecule has 0 fully saturated rings. The number of hydrogen-bond acceptors (Lipinski definition) is 5. The summed E-state index contributed by atoms with van der Waals surface area (Å²) in [5.74, 6) is 1.05. The van der Waals surface area contributed by atoms with Crippen LogP contribution in [0.25, 0.3) is 10.9 Å². The lowest BCUT2D eigenvalue weighted by Gasteiger charge is -2.09. The smallest absolute Gasteiger partial charge is 0.222 e. The number of nitrogen functional groups attached to an aromatic ring is 1. The summed E-state index contributed by atoms with van der Waals surface area (Å²) in [6.45, 7) is 4.34. The number of ether oxygens (including phenoxy) is 1. The second-order valence-corrected chi connectivity index (χ2v) is 4.34. The highest BCUT2D eigenvalue weighted by Crippen LogP contribution is 2.20. The number of rotatable bonds is 7. The van der Waals surface area contributed by atoms with E-state index in [0.717, 1.165) is 36.2 Å². The van der Waals surface area contributed by atoms with Crippen LogP contribution in [-0.2, 0) is 4.74 Å². The van der Waals surface area contributed by atoms with Crippen molar-refractivity contribution in [3.05, 3.63) is 24.3 Å². The summed E-state index contributed by atoms with van der Waals surface area (Å²) in [4.78, 5) is 8.44. The summed E-state index contributed by atoms with van der Waals surface area (Å²) in [5, 5.41) is 4.23. The summed E-state index contributed by atoms with van der Waals surface area (Å²) < 4.78 is 5.50. The second kappa shape index (κ2) is 6.89. The van der Waals surface area contributed by atoms with E-state index in [4.69, 9.17) is 10.5 Å². The highest BCUT2D eigenvalue weighted by Gasteiger charge is 2.04. The Morgan fingerprint density at radius 3 is 2.89 bits per heavy atom. The first-order valence-electron chi connectivity index (χ1n) is 6.65. The molecule has 0 saturated carbocycles. The molecule has 1 aromatic carbocycles. The number of nitrogens with one attached hydrogen (secondary N) is 1. The van der Waals surface area contributed by atoms with Gasteiger partial charge in [-0.2, -0.15) is 4.98 Å². The van der Waals surface area contributed by atoms with E-state index in [1.165, 1.54) is 0 Å². The maximum atomic E-state index is 5.70. The van der Waals surface area contributed by atoms with Crippen molar-refractivity contribution >= 4 is 22.7 Å². The number of para-hydroxylation sites is 1. The topological polar surface area (TPSA) is 73.1 Å². The maximum absolute atomic E-state index is 5.70. The monoisotopic (exact) mass is 260 g/mol. The third kappa shape index (κ3) is 3.79. The molecular formula is C14H20N4O. The van der Waals surface area contributed by atoms with Gasteiger partial charge in [0, 0.05) is 18.5 Å². The molecule has 0 aliphatic rings. The van der Waals surface area contributed by atoms with Crippen molar-refractivity contribution < 1.29 is 4.74 Å². The molecule has 0 bridgehead atoms. The molecule has 3 N–H and O–H groups in total. The Hall–Kier alpha value is -1.88. The quantitative estimate of drug-likeness (QED) is 0.748. The number of nitrogens with zero attached hydrogens (tertiary/aromatic N) is 2. The first-order valence-corrected chi connectivity index (χ1v) is 6.65. The molecule has 19 heavy (non-hydrogen) atoms. The van der Waals surface area contributed by atoms with E-state index < -0.39 is 0 Å². The predicted octanol–water partition coefficient (Wildman–Crippen LogP) is 2.44. The van der Waals surface area contributed by atoms with E-state index in [-0.39, 0.29) is 5.95 Å². The van der Waals surface area contributed by atoms with Crippen LogP contribution < -0.4 is 11.1 Å². The minimum Gasteiger partial charge on any atom is -0.380 e. The number of aromatic nitrogens is 2. The fourth-order valence-electron chi connectivity index (χ4n) is 1.82. The Morgan fingerprint density at radius 2 is 2.05 bits per heavy atom. The van der Waals surface area contributed by atoms with Crippen LogP contribution >= 0.6 is 0 Å². The Kier molecular flexibility index (Phi) is 4.92. The summed E-state index contributed by atoms with van der Waals surface area (Å²) in [6, 6.07) is 7.81. The lowest BCUT2D eigenvalue weighted by Crippen LogP contribution is -2.12. The third-order valence-corrected chi connectivity index (χ3v) is 2.80. The molecule has 0 aliphatic carbocycles. The number of fused-ring (bicyclic) bond motifs is 1. The van der Waals surface area contributed by atoms with Crippen molar-refractivity contribution in [3.8, 4) is 0 Å². The molecule has 1 aromatic heterocycles. The van der Waals surface area contributed by atoms with Gasteiger partial charge in [-0.25, -0.2) is 4.98 Å². The highest BCUT2D eigenvalue weighted by atomic mass is 16.5. The van der Waals surface area contributed by atoms with Gasteiger partial charge in [0.05, 0.1) is 12.1 Å². The van der Waals surface area contributed by atoms with Crippen molar-refractivity contribution in [2.24, 2.45) is 0 Å². The van der Waals surface area contributed by atoms with Crippen LogP contribution in [0.15, 0.2) is 24.3 Å². The first kappa shape index (κ1) is 13.5. The van der Waals surface area contributed by atoms with Gasteiger partial charge in [0.2, 0.25) is 5.95 Å². The van der Waals surface area contributed by atoms with E-state index in [2.05, 4.69) is 22.2 Å². The third-order valence-electron chi connectivity index (χ3n) is 2.80. The van der Waals surface area contributed by atoms with Crippen LogP contribution in [0.3, 0.4) is 0 Å². The highest BCUT2D eigenvalue weighted by molar-refractivity contribution is 5.89. The fraction of sp³-hybridized carbons (Fsp3) is 0.429. The van der Waals surface area contributed by atoms with Crippen molar-refractivity contribution in [1.29, 1.82) is 0 Å². The van der Waals surface area contributed by atoms with Crippen molar-refractivity contribution in [3.63, 3.8) is 0 Å². The molecule has 0 atom stereocenters. The van der Waals surface area contributed by atoms with Gasteiger partial charge in [-0.1, -0.05) is 25.5 Å². The molecule has 2 rings (SSSR count). The predicted molar refractivity (Wildman–Crippen MR) is 78.2 cm³/mol. The van der Waals surface area contributed by atoms with E-state index in [1.807, 2.05) is 24.3 Å². The molecule has 0 unspecified atom stereocenters. The number of hydrogen-bond donors (Lipinski definition) is 2. The minimum absolute atomic E-state index is 0.285. The lowest BCUT2D eigenvalue weighted by molar-refractivity contribution is 0.141. The molecule has 0 spiro atoms. The Bertz CT molecular complexity index is 530. The summed E-state index contributed by atoms with van der Waals surface area (Å²) in [5.41, 5.74) is 6.55. The molecule has 0 amide bonds. The number of unbranched alkanes of at least 4 members (excludes halogenated alkanes) is 1. The average Bonchev–Trinajstić information content (AvgIpc) is 2.42. The van der Waals surface area contributed by atoms with Gasteiger partial charge >= 0.3 is 0 Å². The first-order chi connectivity index (χ1) is 9.31. The van der Waals surface area contributed by atoms with E-state index >= 15 is 0 Å². The van der Waals surface area contributed by atoms with Gasteiger partial charge in [0.25, 0.3) is 0 Å². The van der Waals surface area contributed by atoms with Crippen LogP contribution in [0.1, 0.15) is 19.8 Å². The molecule has 102 valence electrons. The van der Waals surface area contributed by atoms with Gasteiger partial charge in [0.15, 0.2) is 0 Å². The van der Waals surface area contributed by atoms with Gasteiger partial charge in [-0.05, 0) is 18.6 Å². The molecular weight excluding hydrogens is 240 g/mol. The van der Waals surface area contributed by atoms with Crippen LogP contribution in [-0.4, -0.2) is 29.7 Å². The summed E-state index contributed by atoms with van der Waals surface area (Å²) in [7, 11) is 0. The van der Waals surface area contributed by atoms with Crippen molar-refractivity contribution in [2.45, 2.75) is 19.8 Å². The second-order valence-electron chi connectivity index (χ2n) is 4.34. The van der Waals surface area contributed by atoms with Crippen molar-refractivity contribution in [1.82, 2.24) is 9.97 Å². The van der Waals surface area contributed by atoms with Gasteiger partial charge < -0.3 is 15.8 Å². The van der Waals surface area contributed by atoms with E-state index in [9.17, 15) is 0 Å². The SMILES string of the molecule is CCCCOCCNc1nc(N)nc2ccccc12. The van der Waals surface area contributed by atoms with Gasteiger partial charge in [0.1, 0.15) is 5.82 Å². The Balaban J connectivity index is 1.96. The molecule has 0 saturated heterocycles. The number of nitrogens with two attached hydrogens (primary N) is 1. The zero-order chi connectivity index (χ0) is 13.5. The van der Waals surface area contributed by atoms with Gasteiger partial charge in [-0.15, -0.1) is 0 Å². The van der Waals surface area contributed by atoms with E-state index in [1.54, 1.807) is 0 Å². The standard InChI is InChI=1S/C14H20N4O/c1-2-3-9-19-10-8-16-13-11-6-4-5-7-12(11)17-14(15)18-13/h4-7H,2-3,8-10H2,1H3,(H3,15,16,17,18). The van der Waals surface area contributed by atoms with Gasteiger partial charge in [-0.3, -0.25) is 0 Å². The zero-order valence-corrected chi connectivity index (χ0v) is 11.2.